The lowest BCUT2D eigenvalue weighted by Crippen LogP contribution is -2.31. The van der Waals surface area contributed by atoms with Crippen LogP contribution in [0.3, 0.4) is 0 Å². The number of esters is 1. The van der Waals surface area contributed by atoms with Crippen molar-refractivity contribution >= 4 is 29.1 Å². The van der Waals surface area contributed by atoms with Gasteiger partial charge < -0.3 is 9.64 Å². The van der Waals surface area contributed by atoms with Gasteiger partial charge in [0.15, 0.2) is 0 Å². The monoisotopic (exact) mass is 295 g/mol. The van der Waals surface area contributed by atoms with Crippen molar-refractivity contribution in [3.63, 3.8) is 0 Å². The van der Waals surface area contributed by atoms with Crippen molar-refractivity contribution in [3.05, 3.63) is 35.6 Å². The summed E-state index contributed by atoms with van der Waals surface area (Å²) in [7, 11) is 0. The molecule has 20 heavy (non-hydrogen) atoms. The van der Waals surface area contributed by atoms with Crippen molar-refractivity contribution in [2.45, 2.75) is 19.9 Å². The lowest BCUT2D eigenvalue weighted by atomic mass is 10.1. The maximum absolute atomic E-state index is 12.8. The molecule has 0 aliphatic carbocycles. The van der Waals surface area contributed by atoms with Crippen molar-refractivity contribution in [2.24, 2.45) is 5.92 Å². The van der Waals surface area contributed by atoms with Gasteiger partial charge in [0.2, 0.25) is 5.91 Å². The predicted molar refractivity (Wildman–Crippen MR) is 74.3 cm³/mol. The van der Waals surface area contributed by atoms with Gasteiger partial charge in [0.25, 0.3) is 0 Å². The summed E-state index contributed by atoms with van der Waals surface area (Å²) < 4.78 is 17.7. The Morgan fingerprint density at radius 3 is 2.70 bits per heavy atom. The molecule has 2 rings (SSSR count). The molecule has 6 heteroatoms. The van der Waals surface area contributed by atoms with Gasteiger partial charge in [0.05, 0.1) is 18.1 Å². The molecule has 0 N–H and O–H groups in total. The average molecular weight is 295 g/mol. The molecule has 0 bridgehead atoms. The number of thiocarbonyl (C=S) groups is 1. The summed E-state index contributed by atoms with van der Waals surface area (Å²) in [4.78, 5) is 25.3. The number of carbonyl (C=O) groups excluding carboxylic acids is 2. The standard InChI is InChI=1S/C14H14FNO3S/c1-2-19-14(18)11-7-12(17)16(13(11)20)8-9-3-5-10(15)6-4-9/h3-6,11H,2,7-8H2,1H3. The molecule has 1 unspecified atom stereocenters. The highest BCUT2D eigenvalue weighted by atomic mass is 32.1. The van der Waals surface area contributed by atoms with Crippen molar-refractivity contribution in [3.8, 4) is 0 Å². The van der Waals surface area contributed by atoms with E-state index in [0.29, 0.717) is 0 Å². The van der Waals surface area contributed by atoms with Crippen LogP contribution in [0.2, 0.25) is 0 Å². The zero-order valence-electron chi connectivity index (χ0n) is 11.0. The van der Waals surface area contributed by atoms with Crippen molar-refractivity contribution < 1.29 is 18.7 Å². The number of halogens is 1. The van der Waals surface area contributed by atoms with E-state index < -0.39 is 11.9 Å². The lowest BCUT2D eigenvalue weighted by molar-refractivity contribution is -0.146. The topological polar surface area (TPSA) is 46.6 Å². The van der Waals surface area contributed by atoms with E-state index in [-0.39, 0.29) is 36.3 Å². The molecule has 1 heterocycles. The van der Waals surface area contributed by atoms with Gasteiger partial charge in [-0.1, -0.05) is 24.4 Å². The van der Waals surface area contributed by atoms with Crippen LogP contribution in [0.15, 0.2) is 24.3 Å². The molecule has 0 spiro atoms. The number of hydrogen-bond acceptors (Lipinski definition) is 4. The number of ether oxygens (including phenoxy) is 1. The number of rotatable bonds is 4. The Labute approximate surface area is 121 Å². The molecule has 106 valence electrons. The van der Waals surface area contributed by atoms with Crippen LogP contribution in [0.25, 0.3) is 0 Å². The summed E-state index contributed by atoms with van der Waals surface area (Å²) in [6.07, 6.45) is 0.0405. The molecule has 0 aromatic heterocycles. The molecule has 1 amide bonds. The van der Waals surface area contributed by atoms with Crippen LogP contribution >= 0.6 is 12.2 Å². The van der Waals surface area contributed by atoms with E-state index in [1.54, 1.807) is 19.1 Å². The third-order valence-corrected chi connectivity index (χ3v) is 3.57. The van der Waals surface area contributed by atoms with Gasteiger partial charge in [-0.05, 0) is 24.6 Å². The highest BCUT2D eigenvalue weighted by Crippen LogP contribution is 2.24. The molecule has 1 aromatic carbocycles. The smallest absolute Gasteiger partial charge is 0.316 e. The molecular formula is C14H14FNO3S. The third-order valence-electron chi connectivity index (χ3n) is 3.07. The maximum Gasteiger partial charge on any atom is 0.316 e. The van der Waals surface area contributed by atoms with Crippen molar-refractivity contribution in [2.75, 3.05) is 6.61 Å². The Kier molecular flexibility index (Phi) is 4.44. The predicted octanol–water partition coefficient (Wildman–Crippen LogP) is 2.06. The Morgan fingerprint density at radius 2 is 2.10 bits per heavy atom. The SMILES string of the molecule is CCOC(=O)C1CC(=O)N(Cc2ccc(F)cc2)C1=S. The van der Waals surface area contributed by atoms with Crippen molar-refractivity contribution in [1.29, 1.82) is 0 Å². The van der Waals surface area contributed by atoms with E-state index in [0.717, 1.165) is 5.56 Å². The van der Waals surface area contributed by atoms with Gasteiger partial charge in [-0.3, -0.25) is 9.59 Å². The molecule has 4 nitrogen and oxygen atoms in total. The van der Waals surface area contributed by atoms with Gasteiger partial charge >= 0.3 is 5.97 Å². The van der Waals surface area contributed by atoms with Gasteiger partial charge in [-0.25, -0.2) is 4.39 Å². The summed E-state index contributed by atoms with van der Waals surface area (Å²) in [5.41, 5.74) is 0.756. The summed E-state index contributed by atoms with van der Waals surface area (Å²) in [6, 6.07) is 5.81. The minimum absolute atomic E-state index is 0.0405. The molecule has 1 aliphatic rings. The number of hydrogen-bond donors (Lipinski definition) is 0. The van der Waals surface area contributed by atoms with E-state index in [2.05, 4.69) is 0 Å². The first-order chi connectivity index (χ1) is 9.52. The number of carbonyl (C=O) groups is 2. The molecule has 1 atom stereocenters. The van der Waals surface area contributed by atoms with Crippen LogP contribution in [-0.2, 0) is 20.9 Å². The van der Waals surface area contributed by atoms with Gasteiger partial charge in [0.1, 0.15) is 11.7 Å². The number of amides is 1. The van der Waals surface area contributed by atoms with E-state index in [9.17, 15) is 14.0 Å². The summed E-state index contributed by atoms with van der Waals surface area (Å²) >= 11 is 5.18. The molecule has 0 saturated carbocycles. The third kappa shape index (κ3) is 3.01. The quantitative estimate of drug-likeness (QED) is 0.630. The molecule has 1 fully saturated rings. The number of likely N-dealkylation sites (tertiary alicyclic amines) is 1. The van der Waals surface area contributed by atoms with Gasteiger partial charge in [-0.15, -0.1) is 0 Å². The largest absolute Gasteiger partial charge is 0.465 e. The highest BCUT2D eigenvalue weighted by molar-refractivity contribution is 7.80. The molecule has 1 saturated heterocycles. The summed E-state index contributed by atoms with van der Waals surface area (Å²) in [6.45, 7) is 2.20. The zero-order chi connectivity index (χ0) is 14.7. The highest BCUT2D eigenvalue weighted by Gasteiger charge is 2.40. The Balaban J connectivity index is 2.09. The molecular weight excluding hydrogens is 281 g/mol. The van der Waals surface area contributed by atoms with Gasteiger partial charge in [0, 0.05) is 6.42 Å². The second-order valence-corrected chi connectivity index (χ2v) is 4.87. The maximum atomic E-state index is 12.8. The number of benzene rings is 1. The van der Waals surface area contributed by atoms with Crippen molar-refractivity contribution in [1.82, 2.24) is 4.90 Å². The second kappa shape index (κ2) is 6.09. The first-order valence-corrected chi connectivity index (χ1v) is 6.69. The first-order valence-electron chi connectivity index (χ1n) is 6.28. The van der Waals surface area contributed by atoms with Crippen LogP contribution in [-0.4, -0.2) is 28.4 Å². The van der Waals surface area contributed by atoms with E-state index in [1.165, 1.54) is 17.0 Å². The van der Waals surface area contributed by atoms with Crippen LogP contribution < -0.4 is 0 Å². The Hall–Kier alpha value is -1.82. The molecule has 1 aromatic rings. The zero-order valence-corrected chi connectivity index (χ0v) is 11.8. The van der Waals surface area contributed by atoms with E-state index in [4.69, 9.17) is 17.0 Å². The summed E-state index contributed by atoms with van der Waals surface area (Å²) in [5.74, 6) is -1.70. The van der Waals surface area contributed by atoms with Crippen LogP contribution in [0, 0.1) is 11.7 Å². The lowest BCUT2D eigenvalue weighted by Gasteiger charge is -2.17. The van der Waals surface area contributed by atoms with Crippen LogP contribution in [0.5, 0.6) is 0 Å². The fraction of sp³-hybridized carbons (Fsp3) is 0.357. The first kappa shape index (κ1) is 14.6. The Bertz CT molecular complexity index is 544. The average Bonchev–Trinajstić information content (AvgIpc) is 2.69. The fourth-order valence-electron chi connectivity index (χ4n) is 2.05. The summed E-state index contributed by atoms with van der Waals surface area (Å²) in [5, 5.41) is 0. The minimum atomic E-state index is -0.683. The fourth-order valence-corrected chi connectivity index (χ4v) is 2.39. The Morgan fingerprint density at radius 1 is 1.45 bits per heavy atom. The van der Waals surface area contributed by atoms with Gasteiger partial charge in [-0.2, -0.15) is 0 Å². The van der Waals surface area contributed by atoms with Crippen LogP contribution in [0.1, 0.15) is 18.9 Å². The normalized spacial score (nSPS) is 18.5. The number of nitrogens with zero attached hydrogens (tertiary/aromatic N) is 1. The van der Waals surface area contributed by atoms with E-state index in [1.807, 2.05) is 0 Å². The molecule has 1 aliphatic heterocycles. The molecule has 0 radical (unpaired) electrons. The van der Waals surface area contributed by atoms with E-state index >= 15 is 0 Å². The minimum Gasteiger partial charge on any atom is -0.465 e. The second-order valence-electron chi connectivity index (χ2n) is 4.45. The van der Waals surface area contributed by atoms with Crippen LogP contribution in [0.4, 0.5) is 4.39 Å².